The number of thiophene rings is 1. The number of nitrogens with zero attached hydrogens (tertiary/aromatic N) is 1. The molecule has 3 nitrogen and oxygen atoms in total. The van der Waals surface area contributed by atoms with Gasteiger partial charge in [-0.2, -0.15) is 4.31 Å². The van der Waals surface area contributed by atoms with Gasteiger partial charge < -0.3 is 0 Å². The molecule has 0 spiro atoms. The van der Waals surface area contributed by atoms with Crippen LogP contribution in [0.2, 0.25) is 0 Å². The first-order valence-electron chi connectivity index (χ1n) is 7.60. The van der Waals surface area contributed by atoms with Gasteiger partial charge in [0.05, 0.1) is 0 Å². The molecule has 2 rings (SSSR count). The molecule has 0 unspecified atom stereocenters. The summed E-state index contributed by atoms with van der Waals surface area (Å²) >= 11 is 1.23. The minimum atomic E-state index is -3.51. The molecular formula is C16H22FNO2S2. The first kappa shape index (κ1) is 17.4. The second kappa shape index (κ2) is 7.06. The van der Waals surface area contributed by atoms with Gasteiger partial charge in [0.25, 0.3) is 10.0 Å². The smallest absolute Gasteiger partial charge is 0.207 e. The molecule has 0 amide bonds. The molecule has 0 aliphatic rings. The Hall–Kier alpha value is -0.980. The number of hydrogen-bond acceptors (Lipinski definition) is 3. The van der Waals surface area contributed by atoms with E-state index in [0.717, 1.165) is 24.0 Å². The van der Waals surface area contributed by atoms with Crippen molar-refractivity contribution in [2.24, 2.45) is 0 Å². The van der Waals surface area contributed by atoms with Gasteiger partial charge in [0, 0.05) is 17.8 Å². The topological polar surface area (TPSA) is 37.4 Å². The molecule has 0 saturated heterocycles. The molecule has 2 aromatic rings. The van der Waals surface area contributed by atoms with E-state index in [0.29, 0.717) is 28.2 Å². The minimum absolute atomic E-state index is 0.339. The van der Waals surface area contributed by atoms with Gasteiger partial charge in [0.1, 0.15) is 10.0 Å². The highest BCUT2D eigenvalue weighted by Gasteiger charge is 2.28. The Bertz CT molecular complexity index is 753. The van der Waals surface area contributed by atoms with E-state index in [4.69, 9.17) is 0 Å². The Kier molecular flexibility index (Phi) is 5.58. The van der Waals surface area contributed by atoms with Crippen molar-refractivity contribution in [1.82, 2.24) is 4.31 Å². The summed E-state index contributed by atoms with van der Waals surface area (Å²) in [4.78, 5) is 0. The number of sulfonamides is 1. The zero-order valence-electron chi connectivity index (χ0n) is 13.2. The van der Waals surface area contributed by atoms with Gasteiger partial charge in [0.15, 0.2) is 0 Å². The number of halogens is 1. The van der Waals surface area contributed by atoms with Crippen molar-refractivity contribution in [2.75, 3.05) is 13.1 Å². The van der Waals surface area contributed by atoms with E-state index in [1.807, 2.05) is 13.8 Å². The van der Waals surface area contributed by atoms with Gasteiger partial charge in [-0.1, -0.05) is 20.3 Å². The predicted molar refractivity (Wildman–Crippen MR) is 90.5 cm³/mol. The Morgan fingerprint density at radius 2 is 1.91 bits per heavy atom. The maximum atomic E-state index is 13.4. The number of unbranched alkanes of at least 4 members (excludes halogenated alkanes) is 1. The van der Waals surface area contributed by atoms with Crippen molar-refractivity contribution in [3.05, 3.63) is 29.6 Å². The summed E-state index contributed by atoms with van der Waals surface area (Å²) in [6.07, 6.45) is 2.58. The standard InChI is InChI=1S/C16H22FNO2S2/c1-4-6-10-18(9-5-2)22(19,20)16-12(3)14-11-13(17)7-8-15(14)21-16/h7-8,11H,4-6,9-10H2,1-3H3. The highest BCUT2D eigenvalue weighted by molar-refractivity contribution is 7.91. The van der Waals surface area contributed by atoms with E-state index in [9.17, 15) is 12.8 Å². The Labute approximate surface area is 135 Å². The molecule has 0 aliphatic heterocycles. The summed E-state index contributed by atoms with van der Waals surface area (Å²) in [5, 5.41) is 0.690. The number of rotatable bonds is 7. The third-order valence-corrected chi connectivity index (χ3v) is 7.43. The lowest BCUT2D eigenvalue weighted by molar-refractivity contribution is 0.403. The molecular weight excluding hydrogens is 321 g/mol. The molecule has 0 N–H and O–H groups in total. The predicted octanol–water partition coefficient (Wildman–Crippen LogP) is 4.55. The lowest BCUT2D eigenvalue weighted by Crippen LogP contribution is -2.32. The Morgan fingerprint density at radius 3 is 2.55 bits per heavy atom. The fourth-order valence-electron chi connectivity index (χ4n) is 2.47. The van der Waals surface area contributed by atoms with Gasteiger partial charge in [-0.3, -0.25) is 0 Å². The Morgan fingerprint density at radius 1 is 1.18 bits per heavy atom. The minimum Gasteiger partial charge on any atom is -0.207 e. The third-order valence-electron chi connectivity index (χ3n) is 3.66. The van der Waals surface area contributed by atoms with Gasteiger partial charge in [-0.05, 0) is 48.9 Å². The molecule has 0 atom stereocenters. The molecule has 22 heavy (non-hydrogen) atoms. The largest absolute Gasteiger partial charge is 0.252 e. The Balaban J connectivity index is 2.49. The van der Waals surface area contributed by atoms with Gasteiger partial charge in [0.2, 0.25) is 0 Å². The van der Waals surface area contributed by atoms with Crippen LogP contribution in [0.5, 0.6) is 0 Å². The van der Waals surface area contributed by atoms with Crippen LogP contribution in [0.25, 0.3) is 10.1 Å². The number of fused-ring (bicyclic) bond motifs is 1. The van der Waals surface area contributed by atoms with E-state index in [-0.39, 0.29) is 5.82 Å². The summed E-state index contributed by atoms with van der Waals surface area (Å²) in [6, 6.07) is 4.43. The number of aryl methyl sites for hydroxylation is 1. The van der Waals surface area contributed by atoms with Crippen LogP contribution in [0, 0.1) is 12.7 Å². The lowest BCUT2D eigenvalue weighted by atomic mass is 10.2. The molecule has 0 aliphatic carbocycles. The van der Waals surface area contributed by atoms with Crippen molar-refractivity contribution in [1.29, 1.82) is 0 Å². The zero-order valence-corrected chi connectivity index (χ0v) is 14.9. The number of benzene rings is 1. The number of hydrogen-bond donors (Lipinski definition) is 0. The molecule has 1 aromatic heterocycles. The van der Waals surface area contributed by atoms with Crippen LogP contribution >= 0.6 is 11.3 Å². The second-order valence-corrected chi connectivity index (χ2v) is 8.60. The van der Waals surface area contributed by atoms with E-state index >= 15 is 0 Å². The average molecular weight is 343 g/mol. The molecule has 0 radical (unpaired) electrons. The van der Waals surface area contributed by atoms with Gasteiger partial charge in [-0.15, -0.1) is 11.3 Å². The van der Waals surface area contributed by atoms with Crippen molar-refractivity contribution in [3.8, 4) is 0 Å². The van der Waals surface area contributed by atoms with E-state index in [1.54, 1.807) is 17.3 Å². The summed E-state index contributed by atoms with van der Waals surface area (Å²) < 4.78 is 42.0. The summed E-state index contributed by atoms with van der Waals surface area (Å²) in [5.74, 6) is -0.339. The van der Waals surface area contributed by atoms with Crippen LogP contribution in [-0.4, -0.2) is 25.8 Å². The van der Waals surface area contributed by atoms with Crippen LogP contribution in [0.3, 0.4) is 0 Å². The molecule has 122 valence electrons. The van der Waals surface area contributed by atoms with Crippen molar-refractivity contribution >= 4 is 31.4 Å². The fourth-order valence-corrected chi connectivity index (χ4v) is 5.92. The van der Waals surface area contributed by atoms with Crippen molar-refractivity contribution in [3.63, 3.8) is 0 Å². The third kappa shape index (κ3) is 3.34. The first-order valence-corrected chi connectivity index (χ1v) is 9.86. The second-order valence-electron chi connectivity index (χ2n) is 5.41. The SMILES string of the molecule is CCCCN(CCC)S(=O)(=O)c1sc2ccc(F)cc2c1C. The quantitative estimate of drug-likeness (QED) is 0.739. The van der Waals surface area contributed by atoms with Crippen molar-refractivity contribution < 1.29 is 12.8 Å². The zero-order chi connectivity index (χ0) is 16.3. The van der Waals surface area contributed by atoms with Crippen LogP contribution < -0.4 is 0 Å². The molecule has 0 saturated carbocycles. The van der Waals surface area contributed by atoms with E-state index in [2.05, 4.69) is 0 Å². The van der Waals surface area contributed by atoms with Crippen LogP contribution in [0.4, 0.5) is 4.39 Å². The van der Waals surface area contributed by atoms with Crippen molar-refractivity contribution in [2.45, 2.75) is 44.2 Å². The normalized spacial score (nSPS) is 12.4. The monoisotopic (exact) mass is 343 g/mol. The molecule has 1 aromatic carbocycles. The highest BCUT2D eigenvalue weighted by atomic mass is 32.2. The first-order chi connectivity index (χ1) is 10.4. The average Bonchev–Trinajstić information content (AvgIpc) is 2.81. The molecule has 0 fully saturated rings. The van der Waals surface area contributed by atoms with Gasteiger partial charge in [-0.25, -0.2) is 12.8 Å². The summed E-state index contributed by atoms with van der Waals surface area (Å²) in [7, 11) is -3.51. The maximum Gasteiger partial charge on any atom is 0.252 e. The van der Waals surface area contributed by atoms with Gasteiger partial charge >= 0.3 is 0 Å². The van der Waals surface area contributed by atoms with Crippen LogP contribution in [0.15, 0.2) is 22.4 Å². The molecule has 0 bridgehead atoms. The molecule has 1 heterocycles. The van der Waals surface area contributed by atoms with E-state index < -0.39 is 10.0 Å². The maximum absolute atomic E-state index is 13.4. The van der Waals surface area contributed by atoms with Crippen LogP contribution in [0.1, 0.15) is 38.7 Å². The summed E-state index contributed by atoms with van der Waals surface area (Å²) in [6.45, 7) is 6.83. The summed E-state index contributed by atoms with van der Waals surface area (Å²) in [5.41, 5.74) is 0.650. The van der Waals surface area contributed by atoms with Crippen LogP contribution in [-0.2, 0) is 10.0 Å². The lowest BCUT2D eigenvalue weighted by Gasteiger charge is -2.21. The van der Waals surface area contributed by atoms with E-state index in [1.165, 1.54) is 23.5 Å². The fraction of sp³-hybridized carbons (Fsp3) is 0.500. The highest BCUT2D eigenvalue weighted by Crippen LogP contribution is 2.36. The molecule has 6 heteroatoms.